The molecule has 0 bridgehead atoms. The fraction of sp³-hybridized carbons (Fsp3) is 0.192. The van der Waals surface area contributed by atoms with Crippen molar-refractivity contribution >= 4 is 23.7 Å². The third-order valence-corrected chi connectivity index (χ3v) is 5.59. The van der Waals surface area contributed by atoms with Crippen LogP contribution in [0, 0.1) is 0 Å². The zero-order chi connectivity index (χ0) is 23.2. The Balaban J connectivity index is 1.33. The fourth-order valence-corrected chi connectivity index (χ4v) is 4.08. The van der Waals surface area contributed by atoms with E-state index in [1.54, 1.807) is 18.2 Å². The van der Waals surface area contributed by atoms with Crippen LogP contribution in [-0.4, -0.2) is 36.2 Å². The van der Waals surface area contributed by atoms with E-state index in [-0.39, 0.29) is 24.9 Å². The number of hydrogen-bond donors (Lipinski definition) is 3. The minimum Gasteiger partial charge on any atom is -0.480 e. The topological polar surface area (TPSA) is 105 Å². The summed E-state index contributed by atoms with van der Waals surface area (Å²) in [4.78, 5) is 34.7. The number of carboxylic acid groups (broad SMARTS) is 1. The number of aryl methyl sites for hydroxylation is 1. The van der Waals surface area contributed by atoms with Gasteiger partial charge in [0.1, 0.15) is 13.2 Å². The van der Waals surface area contributed by atoms with Crippen molar-refractivity contribution in [3.63, 3.8) is 0 Å². The number of ether oxygens (including phenoxy) is 1. The van der Waals surface area contributed by atoms with Crippen LogP contribution in [0.25, 0.3) is 11.1 Å². The lowest BCUT2D eigenvalue weighted by Crippen LogP contribution is -2.29. The smallest absolute Gasteiger partial charge is 0.411 e. The second kappa shape index (κ2) is 9.99. The monoisotopic (exact) mass is 444 g/mol. The second-order valence-corrected chi connectivity index (χ2v) is 7.82. The van der Waals surface area contributed by atoms with Gasteiger partial charge >= 0.3 is 12.1 Å². The molecule has 168 valence electrons. The summed E-state index contributed by atoms with van der Waals surface area (Å²) in [5.74, 6) is -1.44. The van der Waals surface area contributed by atoms with E-state index in [4.69, 9.17) is 9.84 Å². The Labute approximate surface area is 191 Å². The summed E-state index contributed by atoms with van der Waals surface area (Å²) in [6.07, 6.45) is 0.0288. The van der Waals surface area contributed by atoms with Gasteiger partial charge in [-0.15, -0.1) is 0 Å². The van der Waals surface area contributed by atoms with Crippen LogP contribution in [0.3, 0.4) is 0 Å². The number of anilines is 1. The summed E-state index contributed by atoms with van der Waals surface area (Å²) in [5, 5.41) is 13.7. The van der Waals surface area contributed by atoms with Crippen LogP contribution in [0.2, 0.25) is 0 Å². The number of carbonyl (C=O) groups excluding carboxylic acids is 2. The maximum absolute atomic E-state index is 12.5. The Morgan fingerprint density at radius 2 is 1.55 bits per heavy atom. The van der Waals surface area contributed by atoms with Crippen molar-refractivity contribution in [1.82, 2.24) is 5.32 Å². The number of fused-ring (bicyclic) bond motifs is 3. The van der Waals surface area contributed by atoms with Gasteiger partial charge in [-0.3, -0.25) is 14.9 Å². The third-order valence-electron chi connectivity index (χ3n) is 5.59. The van der Waals surface area contributed by atoms with Gasteiger partial charge in [-0.2, -0.15) is 0 Å². The van der Waals surface area contributed by atoms with Gasteiger partial charge in [-0.05, 0) is 46.4 Å². The van der Waals surface area contributed by atoms with E-state index >= 15 is 0 Å². The standard InChI is InChI=1S/C26H24N2O5/c29-24(27-15-25(30)31)13-12-17-6-5-7-18(14-17)28-26(32)33-16-23-21-10-3-1-8-19(21)20-9-2-4-11-22(20)23/h1-11,14,23H,12-13,15-16H2,(H,27,29)(H,28,32)(H,30,31). The number of carbonyl (C=O) groups is 3. The molecule has 0 unspecified atom stereocenters. The molecule has 0 fully saturated rings. The van der Waals surface area contributed by atoms with Crippen molar-refractivity contribution in [2.75, 3.05) is 18.5 Å². The van der Waals surface area contributed by atoms with Gasteiger partial charge < -0.3 is 15.2 Å². The molecule has 2 amide bonds. The van der Waals surface area contributed by atoms with Gasteiger partial charge in [0.2, 0.25) is 5.91 Å². The molecule has 0 aromatic heterocycles. The average molecular weight is 444 g/mol. The molecule has 3 aromatic carbocycles. The number of carboxylic acids is 1. The van der Waals surface area contributed by atoms with Gasteiger partial charge in [0.15, 0.2) is 0 Å². The largest absolute Gasteiger partial charge is 0.480 e. The lowest BCUT2D eigenvalue weighted by Gasteiger charge is -2.15. The van der Waals surface area contributed by atoms with E-state index in [0.717, 1.165) is 16.7 Å². The highest BCUT2D eigenvalue weighted by Crippen LogP contribution is 2.44. The molecule has 0 heterocycles. The van der Waals surface area contributed by atoms with Crippen LogP contribution in [0.4, 0.5) is 10.5 Å². The SMILES string of the molecule is O=C(O)CNC(=O)CCc1cccc(NC(=O)OCC2c3ccccc3-c3ccccc32)c1. The second-order valence-electron chi connectivity index (χ2n) is 7.82. The first-order valence-corrected chi connectivity index (χ1v) is 10.7. The van der Waals surface area contributed by atoms with E-state index in [0.29, 0.717) is 12.1 Å². The summed E-state index contributed by atoms with van der Waals surface area (Å²) in [5.41, 5.74) is 6.04. The summed E-state index contributed by atoms with van der Waals surface area (Å²) in [6.45, 7) is -0.175. The molecule has 0 atom stereocenters. The zero-order valence-corrected chi connectivity index (χ0v) is 17.9. The van der Waals surface area contributed by atoms with Crippen molar-refractivity contribution in [2.24, 2.45) is 0 Å². The molecule has 3 aromatic rings. The molecule has 0 saturated carbocycles. The molecule has 0 spiro atoms. The zero-order valence-electron chi connectivity index (χ0n) is 17.9. The van der Waals surface area contributed by atoms with E-state index in [1.165, 1.54) is 11.1 Å². The predicted octanol–water partition coefficient (Wildman–Crippen LogP) is 4.18. The molecule has 0 radical (unpaired) electrons. The van der Waals surface area contributed by atoms with Crippen LogP contribution < -0.4 is 10.6 Å². The minimum absolute atomic E-state index is 0.0150. The first kappa shape index (κ1) is 22.1. The Bertz CT molecular complexity index is 1150. The van der Waals surface area contributed by atoms with Gasteiger partial charge in [-0.25, -0.2) is 4.79 Å². The highest BCUT2D eigenvalue weighted by Gasteiger charge is 2.29. The molecule has 1 aliphatic rings. The summed E-state index contributed by atoms with van der Waals surface area (Å²) >= 11 is 0. The summed E-state index contributed by atoms with van der Waals surface area (Å²) < 4.78 is 5.57. The first-order valence-electron chi connectivity index (χ1n) is 10.7. The van der Waals surface area contributed by atoms with Gasteiger partial charge in [0.05, 0.1) is 0 Å². The highest BCUT2D eigenvalue weighted by molar-refractivity contribution is 5.85. The van der Waals surface area contributed by atoms with Crippen molar-refractivity contribution in [2.45, 2.75) is 18.8 Å². The van der Waals surface area contributed by atoms with Gasteiger partial charge in [0, 0.05) is 18.0 Å². The van der Waals surface area contributed by atoms with Crippen LogP contribution in [0.15, 0.2) is 72.8 Å². The summed E-state index contributed by atoms with van der Waals surface area (Å²) in [7, 11) is 0. The maximum atomic E-state index is 12.5. The van der Waals surface area contributed by atoms with Crippen LogP contribution in [0.5, 0.6) is 0 Å². The lowest BCUT2D eigenvalue weighted by molar-refractivity contribution is -0.137. The minimum atomic E-state index is -1.09. The van der Waals surface area contributed by atoms with Crippen LogP contribution in [0.1, 0.15) is 29.0 Å². The molecule has 33 heavy (non-hydrogen) atoms. The first-order chi connectivity index (χ1) is 16.0. The molecule has 3 N–H and O–H groups in total. The number of rotatable bonds is 8. The number of amides is 2. The fourth-order valence-electron chi connectivity index (χ4n) is 4.08. The van der Waals surface area contributed by atoms with E-state index in [1.807, 2.05) is 30.3 Å². The molecule has 0 aliphatic heterocycles. The Kier molecular flexibility index (Phi) is 6.69. The molecule has 1 aliphatic carbocycles. The highest BCUT2D eigenvalue weighted by atomic mass is 16.5. The third kappa shape index (κ3) is 5.38. The van der Waals surface area contributed by atoms with Gasteiger partial charge in [-0.1, -0.05) is 60.7 Å². The van der Waals surface area contributed by atoms with E-state index < -0.39 is 18.6 Å². The van der Waals surface area contributed by atoms with Crippen molar-refractivity contribution in [1.29, 1.82) is 0 Å². The molecule has 7 nitrogen and oxygen atoms in total. The quantitative estimate of drug-likeness (QED) is 0.483. The number of nitrogens with one attached hydrogen (secondary N) is 2. The normalized spacial score (nSPS) is 11.9. The molecule has 7 heteroatoms. The number of aliphatic carboxylic acids is 1. The number of benzene rings is 3. The molecular formula is C26H24N2O5. The molecule has 4 rings (SSSR count). The Morgan fingerprint density at radius 3 is 2.21 bits per heavy atom. The molecule has 0 saturated heterocycles. The molecular weight excluding hydrogens is 420 g/mol. The van der Waals surface area contributed by atoms with Crippen molar-refractivity contribution in [3.05, 3.63) is 89.5 Å². The lowest BCUT2D eigenvalue weighted by atomic mass is 9.98. The maximum Gasteiger partial charge on any atom is 0.411 e. The summed E-state index contributed by atoms with van der Waals surface area (Å²) in [6, 6.07) is 23.4. The predicted molar refractivity (Wildman–Crippen MR) is 124 cm³/mol. The van der Waals surface area contributed by atoms with Gasteiger partial charge in [0.25, 0.3) is 0 Å². The van der Waals surface area contributed by atoms with Crippen molar-refractivity contribution in [3.8, 4) is 11.1 Å². The van der Waals surface area contributed by atoms with Crippen LogP contribution in [-0.2, 0) is 20.7 Å². The van der Waals surface area contributed by atoms with Crippen molar-refractivity contribution < 1.29 is 24.2 Å². The Morgan fingerprint density at radius 1 is 0.879 bits per heavy atom. The van der Waals surface area contributed by atoms with E-state index in [9.17, 15) is 14.4 Å². The van der Waals surface area contributed by atoms with Crippen LogP contribution >= 0.6 is 0 Å². The van der Waals surface area contributed by atoms with E-state index in [2.05, 4.69) is 34.9 Å². The number of hydrogen-bond acceptors (Lipinski definition) is 4. The Hall–Kier alpha value is -4.13. The average Bonchev–Trinajstić information content (AvgIpc) is 3.14.